The van der Waals surface area contributed by atoms with Crippen LogP contribution in [0.4, 0.5) is 5.69 Å². The molecule has 0 saturated heterocycles. The first-order valence-corrected chi connectivity index (χ1v) is 12.5. The Bertz CT molecular complexity index is 708. The molecule has 1 aromatic rings. The van der Waals surface area contributed by atoms with Crippen molar-refractivity contribution in [2.24, 2.45) is 5.92 Å². The fourth-order valence-electron chi connectivity index (χ4n) is 3.95. The van der Waals surface area contributed by atoms with Crippen molar-refractivity contribution < 1.29 is 9.53 Å². The van der Waals surface area contributed by atoms with Gasteiger partial charge in [-0.25, -0.2) is 0 Å². The third-order valence-corrected chi connectivity index (χ3v) is 12.2. The molecule has 2 rings (SSSR count). The molecular weight excluding hydrogens is 374 g/mol. The molecule has 1 saturated carbocycles. The van der Waals surface area contributed by atoms with Gasteiger partial charge in [0.15, 0.2) is 0 Å². The average molecular weight is 406 g/mol. The van der Waals surface area contributed by atoms with Crippen molar-refractivity contribution in [1.82, 2.24) is 0 Å². The number of benzene rings is 1. The van der Waals surface area contributed by atoms with Crippen LogP contribution in [0.15, 0.2) is 18.2 Å². The highest BCUT2D eigenvalue weighted by Gasteiger charge is 2.41. The summed E-state index contributed by atoms with van der Waals surface area (Å²) in [5, 5.41) is 3.36. The summed E-state index contributed by atoms with van der Waals surface area (Å²) in [6.45, 7) is 14.1. The number of anilines is 1. The molecule has 148 valence electrons. The maximum Gasteiger partial charge on any atom is 0.299 e. The molecule has 0 aromatic heterocycles. The molecule has 5 heteroatoms. The van der Waals surface area contributed by atoms with Crippen molar-refractivity contribution in [3.8, 4) is 17.2 Å². The molecule has 1 aromatic carbocycles. The predicted molar refractivity (Wildman–Crippen MR) is 117 cm³/mol. The van der Waals surface area contributed by atoms with Gasteiger partial charge in [0, 0.05) is 5.69 Å². The number of nitrogens with one attached hydrogen (secondary N) is 1. The van der Waals surface area contributed by atoms with Gasteiger partial charge in [0.25, 0.3) is 5.91 Å². The topological polar surface area (TPSA) is 38.3 Å². The van der Waals surface area contributed by atoms with Crippen LogP contribution in [-0.2, 0) is 4.79 Å². The van der Waals surface area contributed by atoms with Crippen LogP contribution in [0.5, 0.6) is 5.75 Å². The lowest BCUT2D eigenvalue weighted by Crippen LogP contribution is -2.43. The van der Waals surface area contributed by atoms with E-state index < -0.39 is 8.07 Å². The van der Waals surface area contributed by atoms with E-state index in [0.717, 1.165) is 0 Å². The minimum Gasteiger partial charge on any atom is -0.492 e. The summed E-state index contributed by atoms with van der Waals surface area (Å²) in [5.74, 6) is 3.94. The zero-order chi connectivity index (χ0) is 20.2. The fraction of sp³-hybridized carbons (Fsp3) is 0.591. The summed E-state index contributed by atoms with van der Waals surface area (Å²) in [6.07, 6.45) is 2.47. The van der Waals surface area contributed by atoms with Crippen molar-refractivity contribution in [2.75, 3.05) is 11.9 Å². The number of carbonyl (C=O) groups excluding carboxylic acids is 1. The number of rotatable bonds is 7. The number of hydrogen-bond donors (Lipinski definition) is 1. The maximum atomic E-state index is 12.4. The molecule has 0 aliphatic heterocycles. The smallest absolute Gasteiger partial charge is 0.299 e. The van der Waals surface area contributed by atoms with E-state index in [2.05, 4.69) is 58.3 Å². The Labute approximate surface area is 170 Å². The lowest BCUT2D eigenvalue weighted by molar-refractivity contribution is -0.111. The molecule has 1 amide bonds. The molecule has 0 radical (unpaired) electrons. The molecule has 0 heterocycles. The van der Waals surface area contributed by atoms with Gasteiger partial charge < -0.3 is 10.1 Å². The highest BCUT2D eigenvalue weighted by Crippen LogP contribution is 2.40. The van der Waals surface area contributed by atoms with Crippen LogP contribution in [0.3, 0.4) is 0 Å². The molecular formula is C22H32ClNO2Si. The molecule has 0 spiro atoms. The van der Waals surface area contributed by atoms with Crippen molar-refractivity contribution in [3.05, 3.63) is 23.2 Å². The van der Waals surface area contributed by atoms with E-state index in [0.29, 0.717) is 45.6 Å². The summed E-state index contributed by atoms with van der Waals surface area (Å²) in [6, 6.07) is 5.34. The van der Waals surface area contributed by atoms with Gasteiger partial charge >= 0.3 is 0 Å². The van der Waals surface area contributed by atoms with Gasteiger partial charge in [0.2, 0.25) is 0 Å². The molecule has 1 aliphatic rings. The van der Waals surface area contributed by atoms with Crippen molar-refractivity contribution in [3.63, 3.8) is 0 Å². The lowest BCUT2D eigenvalue weighted by atomic mass is 10.3. The van der Waals surface area contributed by atoms with Gasteiger partial charge in [-0.05, 0) is 59.5 Å². The average Bonchev–Trinajstić information content (AvgIpc) is 3.38. The highest BCUT2D eigenvalue weighted by molar-refractivity contribution is 6.90. The quantitative estimate of drug-likeness (QED) is 0.427. The summed E-state index contributed by atoms with van der Waals surface area (Å²) >= 11 is 6.29. The van der Waals surface area contributed by atoms with Crippen LogP contribution in [0.1, 0.15) is 54.4 Å². The first-order valence-electron chi connectivity index (χ1n) is 9.93. The Morgan fingerprint density at radius 2 is 1.78 bits per heavy atom. The van der Waals surface area contributed by atoms with Crippen LogP contribution in [0.25, 0.3) is 0 Å². The monoisotopic (exact) mass is 405 g/mol. The highest BCUT2D eigenvalue weighted by atomic mass is 35.5. The maximum absolute atomic E-state index is 12.4. The summed E-state index contributed by atoms with van der Waals surface area (Å²) in [7, 11) is -1.91. The third-order valence-electron chi connectivity index (χ3n) is 5.62. The second-order valence-corrected chi connectivity index (χ2v) is 14.5. The van der Waals surface area contributed by atoms with Gasteiger partial charge in [0.05, 0.1) is 11.6 Å². The molecule has 0 bridgehead atoms. The zero-order valence-corrected chi connectivity index (χ0v) is 19.1. The third kappa shape index (κ3) is 5.52. The Morgan fingerprint density at radius 1 is 1.19 bits per heavy atom. The second-order valence-electron chi connectivity index (χ2n) is 8.50. The SMILES string of the molecule is CC(C)[Si](C#CC(=O)Nc1ccc(OCC2CC2)c(Cl)c1)(C(C)C)C(C)C. The van der Waals surface area contributed by atoms with E-state index in [1.165, 1.54) is 12.8 Å². The van der Waals surface area contributed by atoms with E-state index in [1.54, 1.807) is 6.07 Å². The molecule has 1 N–H and O–H groups in total. The molecule has 1 fully saturated rings. The van der Waals surface area contributed by atoms with Gasteiger partial charge in [-0.2, -0.15) is 0 Å². The molecule has 3 nitrogen and oxygen atoms in total. The Kier molecular flexibility index (Phi) is 7.42. The first-order chi connectivity index (χ1) is 12.7. The van der Waals surface area contributed by atoms with E-state index in [4.69, 9.17) is 16.3 Å². The van der Waals surface area contributed by atoms with Gasteiger partial charge in [-0.1, -0.05) is 53.1 Å². The van der Waals surface area contributed by atoms with Crippen molar-refractivity contribution in [2.45, 2.75) is 71.0 Å². The van der Waals surface area contributed by atoms with Gasteiger partial charge in [0.1, 0.15) is 13.8 Å². The number of hydrogen-bond acceptors (Lipinski definition) is 2. The summed E-state index contributed by atoms with van der Waals surface area (Å²) < 4.78 is 5.72. The standard InChI is InChI=1S/C22H32ClNO2Si/c1-15(2)27(16(3)4,17(5)6)12-11-22(25)24-19-9-10-21(20(23)13-19)26-14-18-7-8-18/h9-10,13,15-18H,7-8,14H2,1-6H3,(H,24,25). The van der Waals surface area contributed by atoms with Crippen LogP contribution in [-0.4, -0.2) is 20.6 Å². The van der Waals surface area contributed by atoms with E-state index in [1.807, 2.05) is 12.1 Å². The van der Waals surface area contributed by atoms with Gasteiger partial charge in [-0.15, -0.1) is 5.54 Å². The van der Waals surface area contributed by atoms with Crippen LogP contribution in [0.2, 0.25) is 21.6 Å². The zero-order valence-electron chi connectivity index (χ0n) is 17.4. The molecule has 27 heavy (non-hydrogen) atoms. The fourth-order valence-corrected chi connectivity index (χ4v) is 9.38. The first kappa shape index (κ1) is 21.9. The van der Waals surface area contributed by atoms with Crippen LogP contribution < -0.4 is 10.1 Å². The second kappa shape index (κ2) is 9.17. The molecule has 1 aliphatic carbocycles. The minimum absolute atomic E-state index is 0.281. The molecule has 0 unspecified atom stereocenters. The van der Waals surface area contributed by atoms with Crippen molar-refractivity contribution in [1.29, 1.82) is 0 Å². The summed E-state index contributed by atoms with van der Waals surface area (Å²) in [4.78, 5) is 12.4. The van der Waals surface area contributed by atoms with E-state index in [-0.39, 0.29) is 5.91 Å². The summed E-state index contributed by atoms with van der Waals surface area (Å²) in [5.41, 5.74) is 5.57. The lowest BCUT2D eigenvalue weighted by Gasteiger charge is -2.37. The van der Waals surface area contributed by atoms with Gasteiger partial charge in [-0.3, -0.25) is 4.79 Å². The predicted octanol–water partition coefficient (Wildman–Crippen LogP) is 6.29. The molecule has 0 atom stereocenters. The Morgan fingerprint density at radius 3 is 2.26 bits per heavy atom. The Balaban J connectivity index is 2.08. The number of ether oxygens (including phenoxy) is 1. The normalized spacial score (nSPS) is 14.3. The van der Waals surface area contributed by atoms with E-state index in [9.17, 15) is 4.79 Å². The largest absolute Gasteiger partial charge is 0.492 e. The number of amides is 1. The van der Waals surface area contributed by atoms with Crippen LogP contribution >= 0.6 is 11.6 Å². The minimum atomic E-state index is -1.91. The number of carbonyl (C=O) groups is 1. The number of halogens is 1. The van der Waals surface area contributed by atoms with E-state index >= 15 is 0 Å². The van der Waals surface area contributed by atoms with Crippen molar-refractivity contribution >= 4 is 31.3 Å². The van der Waals surface area contributed by atoms with Crippen LogP contribution in [0, 0.1) is 17.4 Å². The Hall–Kier alpha value is -1.44.